The van der Waals surface area contributed by atoms with Gasteiger partial charge in [-0.3, -0.25) is 4.90 Å². The average Bonchev–Trinajstić information content (AvgIpc) is 2.87. The number of hydrogen-bond acceptors (Lipinski definition) is 5. The summed E-state index contributed by atoms with van der Waals surface area (Å²) in [5.41, 5.74) is 6.37. The van der Waals surface area contributed by atoms with Gasteiger partial charge in [-0.2, -0.15) is 0 Å². The van der Waals surface area contributed by atoms with Crippen LogP contribution in [-0.4, -0.2) is 51.5 Å². The van der Waals surface area contributed by atoms with Crippen LogP contribution < -0.4 is 5.73 Å². The second kappa shape index (κ2) is 9.87. The van der Waals surface area contributed by atoms with Gasteiger partial charge in [-0.1, -0.05) is 6.92 Å². The summed E-state index contributed by atoms with van der Waals surface area (Å²) in [6.45, 7) is 5.24. The Balaban J connectivity index is 2.90. The highest BCUT2D eigenvalue weighted by Crippen LogP contribution is 2.32. The Hall–Kier alpha value is 0.0200. The van der Waals surface area contributed by atoms with E-state index in [0.717, 1.165) is 24.0 Å². The van der Waals surface area contributed by atoms with Crippen LogP contribution in [0.2, 0.25) is 0 Å². The summed E-state index contributed by atoms with van der Waals surface area (Å²) < 4.78 is 11.6. The molecule has 2 unspecified atom stereocenters. The monoisotopic (exact) mass is 364 g/mol. The second-order valence-corrected chi connectivity index (χ2v) is 6.56. The van der Waals surface area contributed by atoms with E-state index < -0.39 is 0 Å². The summed E-state index contributed by atoms with van der Waals surface area (Å²) in [4.78, 5) is 3.65. The van der Waals surface area contributed by atoms with Crippen molar-refractivity contribution < 1.29 is 9.47 Å². The lowest BCUT2D eigenvalue weighted by molar-refractivity contribution is 0.0787. The number of rotatable bonds is 10. The van der Waals surface area contributed by atoms with Crippen LogP contribution in [0, 0.1) is 0 Å². The maximum Gasteiger partial charge on any atom is 0.0595 e. The van der Waals surface area contributed by atoms with E-state index in [-0.39, 0.29) is 12.1 Å². The molecule has 1 aromatic rings. The van der Waals surface area contributed by atoms with Crippen LogP contribution in [0.1, 0.15) is 24.3 Å². The van der Waals surface area contributed by atoms with E-state index in [9.17, 15) is 0 Å². The number of halogens is 1. The molecule has 116 valence electrons. The van der Waals surface area contributed by atoms with E-state index in [0.29, 0.717) is 13.2 Å². The predicted molar refractivity (Wildman–Crippen MR) is 88.4 cm³/mol. The first-order chi connectivity index (χ1) is 9.63. The summed E-state index contributed by atoms with van der Waals surface area (Å²) in [5, 5.41) is 2.11. The van der Waals surface area contributed by atoms with Crippen LogP contribution in [0.15, 0.2) is 15.9 Å². The Morgan fingerprint density at radius 3 is 2.30 bits per heavy atom. The molecule has 1 aromatic heterocycles. The van der Waals surface area contributed by atoms with Crippen LogP contribution in [0.3, 0.4) is 0 Å². The fraction of sp³-hybridized carbons (Fsp3) is 0.714. The minimum absolute atomic E-state index is 0.106. The minimum atomic E-state index is 0.106. The van der Waals surface area contributed by atoms with Crippen molar-refractivity contribution in [2.45, 2.75) is 25.4 Å². The molecule has 0 aromatic carbocycles. The SMILES string of the molecule is CCC(N)C(c1cc(Br)cs1)N(CCOC)CCOC. The zero-order valence-corrected chi connectivity index (χ0v) is 14.9. The molecule has 1 rings (SSSR count). The molecule has 0 aliphatic carbocycles. The largest absolute Gasteiger partial charge is 0.383 e. The Morgan fingerprint density at radius 1 is 1.30 bits per heavy atom. The van der Waals surface area contributed by atoms with Crippen molar-refractivity contribution in [1.82, 2.24) is 4.90 Å². The number of nitrogens with two attached hydrogens (primary N) is 1. The topological polar surface area (TPSA) is 47.7 Å². The lowest BCUT2D eigenvalue weighted by atomic mass is 10.0. The van der Waals surface area contributed by atoms with E-state index >= 15 is 0 Å². The summed E-state index contributed by atoms with van der Waals surface area (Å²) in [6.07, 6.45) is 0.941. The van der Waals surface area contributed by atoms with Crippen molar-refractivity contribution >= 4 is 27.3 Å². The van der Waals surface area contributed by atoms with Gasteiger partial charge in [-0.25, -0.2) is 0 Å². The quantitative estimate of drug-likeness (QED) is 0.693. The molecule has 20 heavy (non-hydrogen) atoms. The molecule has 6 heteroatoms. The first-order valence-electron chi connectivity index (χ1n) is 6.85. The highest BCUT2D eigenvalue weighted by molar-refractivity contribution is 9.10. The Bertz CT molecular complexity index is 368. The second-order valence-electron chi connectivity index (χ2n) is 4.71. The van der Waals surface area contributed by atoms with Crippen LogP contribution in [-0.2, 0) is 9.47 Å². The molecule has 2 atom stereocenters. The molecule has 0 saturated heterocycles. The number of methoxy groups -OCH3 is 2. The number of nitrogens with zero attached hydrogens (tertiary/aromatic N) is 1. The Kier molecular flexibility index (Phi) is 8.91. The fourth-order valence-corrected chi connectivity index (χ4v) is 3.83. The molecule has 0 spiro atoms. The lowest BCUT2D eigenvalue weighted by Crippen LogP contribution is -2.43. The Morgan fingerprint density at radius 2 is 1.90 bits per heavy atom. The van der Waals surface area contributed by atoms with Gasteiger partial charge in [-0.05, 0) is 28.4 Å². The van der Waals surface area contributed by atoms with E-state index in [1.807, 2.05) is 0 Å². The molecular weight excluding hydrogens is 340 g/mol. The first kappa shape index (κ1) is 18.1. The maximum absolute atomic E-state index is 6.37. The van der Waals surface area contributed by atoms with E-state index in [2.05, 4.69) is 39.2 Å². The minimum Gasteiger partial charge on any atom is -0.383 e. The van der Waals surface area contributed by atoms with Crippen LogP contribution >= 0.6 is 27.3 Å². The predicted octanol–water partition coefficient (Wildman–Crippen LogP) is 2.88. The van der Waals surface area contributed by atoms with Gasteiger partial charge >= 0.3 is 0 Å². The van der Waals surface area contributed by atoms with E-state index in [1.54, 1.807) is 25.6 Å². The zero-order valence-electron chi connectivity index (χ0n) is 12.5. The third kappa shape index (κ3) is 5.42. The standard InChI is InChI=1S/C14H25BrN2O2S/c1-4-12(16)14(13-9-11(15)10-20-13)17(5-7-18-2)6-8-19-3/h9-10,12,14H,4-8,16H2,1-3H3. The molecule has 4 nitrogen and oxygen atoms in total. The summed E-state index contributed by atoms with van der Waals surface area (Å²) in [5.74, 6) is 0. The first-order valence-corrected chi connectivity index (χ1v) is 8.52. The van der Waals surface area contributed by atoms with Crippen molar-refractivity contribution in [2.75, 3.05) is 40.5 Å². The highest BCUT2D eigenvalue weighted by atomic mass is 79.9. The van der Waals surface area contributed by atoms with Gasteiger partial charge in [0.2, 0.25) is 0 Å². The van der Waals surface area contributed by atoms with Gasteiger partial charge < -0.3 is 15.2 Å². The van der Waals surface area contributed by atoms with Gasteiger partial charge in [0.25, 0.3) is 0 Å². The molecule has 0 bridgehead atoms. The van der Waals surface area contributed by atoms with Gasteiger partial charge in [-0.15, -0.1) is 11.3 Å². The maximum atomic E-state index is 6.37. The normalized spacial score (nSPS) is 14.7. The van der Waals surface area contributed by atoms with Crippen molar-refractivity contribution in [1.29, 1.82) is 0 Å². The smallest absolute Gasteiger partial charge is 0.0595 e. The van der Waals surface area contributed by atoms with Crippen molar-refractivity contribution in [3.05, 3.63) is 20.8 Å². The molecule has 0 aliphatic heterocycles. The third-order valence-corrected chi connectivity index (χ3v) is 5.08. The number of ether oxygens (including phenoxy) is 2. The van der Waals surface area contributed by atoms with Crippen LogP contribution in [0.4, 0.5) is 0 Å². The van der Waals surface area contributed by atoms with Crippen LogP contribution in [0.5, 0.6) is 0 Å². The fourth-order valence-electron chi connectivity index (χ4n) is 2.18. The number of thiophene rings is 1. The molecule has 0 aliphatic rings. The number of hydrogen-bond donors (Lipinski definition) is 1. The van der Waals surface area contributed by atoms with Gasteiger partial charge in [0.15, 0.2) is 0 Å². The molecule has 2 N–H and O–H groups in total. The average molecular weight is 365 g/mol. The molecule has 0 amide bonds. The van der Waals surface area contributed by atoms with E-state index in [4.69, 9.17) is 15.2 Å². The van der Waals surface area contributed by atoms with Crippen molar-refractivity contribution in [3.8, 4) is 0 Å². The zero-order chi connectivity index (χ0) is 15.0. The van der Waals surface area contributed by atoms with Crippen molar-refractivity contribution in [3.63, 3.8) is 0 Å². The van der Waals surface area contributed by atoms with E-state index in [1.165, 1.54) is 4.88 Å². The molecular formula is C14H25BrN2O2S. The van der Waals surface area contributed by atoms with Gasteiger partial charge in [0, 0.05) is 48.1 Å². The Labute approximate surface area is 134 Å². The van der Waals surface area contributed by atoms with Crippen molar-refractivity contribution in [2.24, 2.45) is 5.73 Å². The molecule has 0 fully saturated rings. The van der Waals surface area contributed by atoms with Gasteiger partial charge in [0.1, 0.15) is 0 Å². The summed E-state index contributed by atoms with van der Waals surface area (Å²) in [7, 11) is 3.45. The van der Waals surface area contributed by atoms with Crippen LogP contribution in [0.25, 0.3) is 0 Å². The molecule has 0 radical (unpaired) electrons. The summed E-state index contributed by atoms with van der Waals surface area (Å²) >= 11 is 5.27. The molecule has 0 saturated carbocycles. The highest BCUT2D eigenvalue weighted by Gasteiger charge is 2.26. The third-order valence-electron chi connectivity index (χ3n) is 3.31. The lowest BCUT2D eigenvalue weighted by Gasteiger charge is -2.34. The van der Waals surface area contributed by atoms with Gasteiger partial charge in [0.05, 0.1) is 19.3 Å². The summed E-state index contributed by atoms with van der Waals surface area (Å²) in [6, 6.07) is 2.48. The molecule has 1 heterocycles.